The van der Waals surface area contributed by atoms with Crippen molar-refractivity contribution in [2.75, 3.05) is 13.1 Å². The summed E-state index contributed by atoms with van der Waals surface area (Å²) in [5, 5.41) is 5.21. The molecule has 0 radical (unpaired) electrons. The second kappa shape index (κ2) is 2.64. The molecule has 0 saturated carbocycles. The molecule has 0 amide bonds. The molecule has 0 spiro atoms. The highest BCUT2D eigenvalue weighted by molar-refractivity contribution is 4.77. The summed E-state index contributed by atoms with van der Waals surface area (Å²) in [7, 11) is 0. The molecule has 3 nitrogen and oxygen atoms in total. The molecule has 9 heavy (non-hydrogen) atoms. The second-order valence-corrected chi connectivity index (χ2v) is 2.80. The van der Waals surface area contributed by atoms with E-state index in [2.05, 4.69) is 19.2 Å². The van der Waals surface area contributed by atoms with Gasteiger partial charge in [-0.25, -0.2) is 5.01 Å². The minimum absolute atomic E-state index is 0.480. The van der Waals surface area contributed by atoms with Crippen LogP contribution >= 0.6 is 0 Å². The number of hydrogen-bond donors (Lipinski definition) is 2. The molecule has 1 heterocycles. The minimum Gasteiger partial charge on any atom is -0.314 e. The van der Waals surface area contributed by atoms with Gasteiger partial charge in [0, 0.05) is 25.2 Å². The van der Waals surface area contributed by atoms with Crippen LogP contribution in [0.1, 0.15) is 13.8 Å². The lowest BCUT2D eigenvalue weighted by molar-refractivity contribution is 0.119. The Hall–Kier alpha value is -0.120. The van der Waals surface area contributed by atoms with E-state index in [1.54, 1.807) is 0 Å². The van der Waals surface area contributed by atoms with Crippen molar-refractivity contribution in [3.8, 4) is 0 Å². The molecule has 1 rings (SSSR count). The van der Waals surface area contributed by atoms with Crippen molar-refractivity contribution in [1.29, 1.82) is 0 Å². The molecule has 0 aromatic carbocycles. The van der Waals surface area contributed by atoms with Gasteiger partial charge in [-0.2, -0.15) is 0 Å². The van der Waals surface area contributed by atoms with E-state index in [1.807, 2.05) is 5.01 Å². The van der Waals surface area contributed by atoms with Crippen molar-refractivity contribution < 1.29 is 0 Å². The maximum Gasteiger partial charge on any atom is 0.0341 e. The second-order valence-electron chi connectivity index (χ2n) is 2.80. The lowest BCUT2D eigenvalue weighted by Crippen LogP contribution is -2.58. The molecule has 0 aromatic heterocycles. The summed E-state index contributed by atoms with van der Waals surface area (Å²) in [5.41, 5.74) is 0. The first-order valence-electron chi connectivity index (χ1n) is 3.45. The fraction of sp³-hybridized carbons (Fsp3) is 1.00. The van der Waals surface area contributed by atoms with Gasteiger partial charge in [-0.3, -0.25) is 5.84 Å². The lowest BCUT2D eigenvalue weighted by atomic mass is 10.2. The highest BCUT2D eigenvalue weighted by atomic mass is 15.5. The minimum atomic E-state index is 0.480. The molecule has 2 atom stereocenters. The Bertz CT molecular complexity index is 84.3. The van der Waals surface area contributed by atoms with Crippen molar-refractivity contribution >= 4 is 0 Å². The van der Waals surface area contributed by atoms with Crippen LogP contribution in [0.5, 0.6) is 0 Å². The van der Waals surface area contributed by atoms with Gasteiger partial charge in [-0.1, -0.05) is 0 Å². The molecule has 0 aliphatic carbocycles. The summed E-state index contributed by atoms with van der Waals surface area (Å²) in [6.07, 6.45) is 0. The van der Waals surface area contributed by atoms with Gasteiger partial charge in [0.2, 0.25) is 0 Å². The molecule has 0 bridgehead atoms. The average molecular weight is 129 g/mol. The van der Waals surface area contributed by atoms with E-state index < -0.39 is 0 Å². The van der Waals surface area contributed by atoms with Crippen molar-refractivity contribution in [1.82, 2.24) is 10.3 Å². The topological polar surface area (TPSA) is 41.3 Å². The van der Waals surface area contributed by atoms with Crippen LogP contribution in [0.25, 0.3) is 0 Å². The molecule has 3 N–H and O–H groups in total. The molecular weight excluding hydrogens is 114 g/mol. The Kier molecular flexibility index (Phi) is 2.05. The maximum atomic E-state index is 5.72. The summed E-state index contributed by atoms with van der Waals surface area (Å²) in [6.45, 7) is 6.28. The number of nitrogens with two attached hydrogens (primary N) is 1. The Morgan fingerprint density at radius 3 is 2.11 bits per heavy atom. The fourth-order valence-electron chi connectivity index (χ4n) is 1.15. The third-order valence-electron chi connectivity index (χ3n) is 1.90. The lowest BCUT2D eigenvalue weighted by Gasteiger charge is -2.35. The monoisotopic (exact) mass is 129 g/mol. The molecule has 1 aliphatic heterocycles. The summed E-state index contributed by atoms with van der Waals surface area (Å²) >= 11 is 0. The smallest absolute Gasteiger partial charge is 0.0341 e. The molecule has 1 fully saturated rings. The summed E-state index contributed by atoms with van der Waals surface area (Å²) in [6, 6.07) is 0.961. The normalized spacial score (nSPS) is 39.0. The molecular formula is C6H15N3. The number of piperazine rings is 1. The van der Waals surface area contributed by atoms with E-state index >= 15 is 0 Å². The number of hydrogen-bond acceptors (Lipinski definition) is 3. The van der Waals surface area contributed by atoms with E-state index in [-0.39, 0.29) is 0 Å². The number of nitrogens with zero attached hydrogens (tertiary/aromatic N) is 1. The first-order chi connectivity index (χ1) is 4.22. The van der Waals surface area contributed by atoms with Crippen LogP contribution in [0.15, 0.2) is 0 Å². The first kappa shape index (κ1) is 6.99. The quantitative estimate of drug-likeness (QED) is 0.435. The van der Waals surface area contributed by atoms with Gasteiger partial charge in [0.15, 0.2) is 0 Å². The summed E-state index contributed by atoms with van der Waals surface area (Å²) in [5.74, 6) is 5.72. The van der Waals surface area contributed by atoms with E-state index in [4.69, 9.17) is 5.84 Å². The molecule has 54 valence electrons. The number of rotatable bonds is 0. The predicted octanol–water partition coefficient (Wildman–Crippen LogP) is -0.458. The zero-order chi connectivity index (χ0) is 6.85. The van der Waals surface area contributed by atoms with Crippen molar-refractivity contribution in [3.63, 3.8) is 0 Å². The summed E-state index contributed by atoms with van der Waals surface area (Å²) in [4.78, 5) is 0. The van der Waals surface area contributed by atoms with Gasteiger partial charge in [0.1, 0.15) is 0 Å². The van der Waals surface area contributed by atoms with Crippen LogP contribution in [0.2, 0.25) is 0 Å². The predicted molar refractivity (Wildman–Crippen MR) is 37.8 cm³/mol. The van der Waals surface area contributed by atoms with E-state index in [9.17, 15) is 0 Å². The van der Waals surface area contributed by atoms with Crippen molar-refractivity contribution in [2.45, 2.75) is 25.9 Å². The number of hydrazine groups is 1. The molecule has 2 unspecified atom stereocenters. The maximum absolute atomic E-state index is 5.72. The van der Waals surface area contributed by atoms with Crippen LogP contribution in [-0.2, 0) is 0 Å². The Morgan fingerprint density at radius 2 is 1.78 bits per heavy atom. The molecule has 3 heteroatoms. The Labute approximate surface area is 56.2 Å². The third-order valence-corrected chi connectivity index (χ3v) is 1.90. The van der Waals surface area contributed by atoms with Crippen LogP contribution in [-0.4, -0.2) is 30.2 Å². The standard InChI is InChI=1S/C6H15N3/c1-5-3-8-4-6(2)9(5)7/h5-6,8H,3-4,7H2,1-2H3. The Balaban J connectivity index is 2.41. The first-order valence-corrected chi connectivity index (χ1v) is 3.45. The highest BCUT2D eigenvalue weighted by Crippen LogP contribution is 2.01. The largest absolute Gasteiger partial charge is 0.314 e. The van der Waals surface area contributed by atoms with Gasteiger partial charge in [-0.05, 0) is 13.8 Å². The van der Waals surface area contributed by atoms with E-state index in [0.717, 1.165) is 13.1 Å². The van der Waals surface area contributed by atoms with E-state index in [0.29, 0.717) is 12.1 Å². The van der Waals surface area contributed by atoms with Crippen LogP contribution in [0.3, 0.4) is 0 Å². The van der Waals surface area contributed by atoms with Gasteiger partial charge < -0.3 is 5.32 Å². The highest BCUT2D eigenvalue weighted by Gasteiger charge is 2.20. The number of nitrogens with one attached hydrogen (secondary N) is 1. The van der Waals surface area contributed by atoms with Crippen LogP contribution < -0.4 is 11.2 Å². The van der Waals surface area contributed by atoms with Gasteiger partial charge in [0.05, 0.1) is 0 Å². The van der Waals surface area contributed by atoms with E-state index in [1.165, 1.54) is 0 Å². The van der Waals surface area contributed by atoms with Crippen LogP contribution in [0.4, 0.5) is 0 Å². The zero-order valence-electron chi connectivity index (χ0n) is 6.09. The molecule has 1 saturated heterocycles. The van der Waals surface area contributed by atoms with Crippen LogP contribution in [0, 0.1) is 0 Å². The molecule has 0 aromatic rings. The summed E-state index contributed by atoms with van der Waals surface area (Å²) < 4.78 is 0. The van der Waals surface area contributed by atoms with Gasteiger partial charge >= 0.3 is 0 Å². The van der Waals surface area contributed by atoms with Crippen molar-refractivity contribution in [3.05, 3.63) is 0 Å². The SMILES string of the molecule is CC1CNCC(C)N1N. The molecule has 1 aliphatic rings. The fourth-order valence-corrected chi connectivity index (χ4v) is 1.15. The average Bonchev–Trinajstić information content (AvgIpc) is 1.83. The third kappa shape index (κ3) is 1.41. The van der Waals surface area contributed by atoms with Crippen molar-refractivity contribution in [2.24, 2.45) is 5.84 Å². The van der Waals surface area contributed by atoms with Gasteiger partial charge in [0.25, 0.3) is 0 Å². The Morgan fingerprint density at radius 1 is 1.33 bits per heavy atom. The van der Waals surface area contributed by atoms with Gasteiger partial charge in [-0.15, -0.1) is 0 Å². The zero-order valence-corrected chi connectivity index (χ0v) is 6.09.